The van der Waals surface area contributed by atoms with Gasteiger partial charge in [-0.25, -0.2) is 19.0 Å². The number of amides is 1. The van der Waals surface area contributed by atoms with Crippen molar-refractivity contribution in [3.05, 3.63) is 84.0 Å². The Hall–Kier alpha value is -4.40. The van der Waals surface area contributed by atoms with E-state index < -0.39 is 5.82 Å². The van der Waals surface area contributed by atoms with Crippen molar-refractivity contribution in [2.24, 2.45) is 0 Å². The molecule has 0 saturated carbocycles. The van der Waals surface area contributed by atoms with Crippen LogP contribution in [0.4, 0.5) is 10.2 Å². The van der Waals surface area contributed by atoms with E-state index in [1.807, 2.05) is 35.9 Å². The van der Waals surface area contributed by atoms with Gasteiger partial charge in [0.05, 0.1) is 17.0 Å². The highest BCUT2D eigenvalue weighted by Crippen LogP contribution is 2.34. The normalized spacial score (nSPS) is 15.5. The molecule has 0 bridgehead atoms. The minimum atomic E-state index is -0.492. The molecule has 2 N–H and O–H groups in total. The number of carbonyl (C=O) groups is 2. The molecule has 8 nitrogen and oxygen atoms in total. The summed E-state index contributed by atoms with van der Waals surface area (Å²) in [4.78, 5) is 35.2. The molecule has 1 atom stereocenters. The van der Waals surface area contributed by atoms with E-state index in [0.29, 0.717) is 42.1 Å². The second kappa shape index (κ2) is 10.5. The third kappa shape index (κ3) is 4.91. The predicted octanol–water partition coefficient (Wildman–Crippen LogP) is 4.69. The molecule has 1 fully saturated rings. The Morgan fingerprint density at radius 2 is 1.97 bits per heavy atom. The summed E-state index contributed by atoms with van der Waals surface area (Å²) >= 11 is 0. The number of hydrogen-bond acceptors (Lipinski definition) is 6. The minimum Gasteiger partial charge on any atom is -0.383 e. The summed E-state index contributed by atoms with van der Waals surface area (Å²) in [7, 11) is 0. The first kappa shape index (κ1) is 25.3. The smallest absolute Gasteiger partial charge is 0.246 e. The average Bonchev–Trinajstić information content (AvgIpc) is 3.34. The number of carbonyl (C=O) groups excluding carboxylic acids is 2. The summed E-state index contributed by atoms with van der Waals surface area (Å²) in [5.41, 5.74) is 10.3. The van der Waals surface area contributed by atoms with E-state index >= 15 is 0 Å². The van der Waals surface area contributed by atoms with E-state index in [2.05, 4.69) is 16.5 Å². The van der Waals surface area contributed by atoms with E-state index in [4.69, 9.17) is 10.8 Å². The van der Waals surface area contributed by atoms with Gasteiger partial charge in [-0.2, -0.15) is 5.10 Å². The number of fused-ring (bicyclic) bond motifs is 1. The first-order valence-corrected chi connectivity index (χ1v) is 12.6. The van der Waals surface area contributed by atoms with E-state index in [1.165, 1.54) is 18.5 Å². The van der Waals surface area contributed by atoms with E-state index in [0.717, 1.165) is 29.5 Å². The van der Waals surface area contributed by atoms with Gasteiger partial charge in [-0.1, -0.05) is 42.5 Å². The van der Waals surface area contributed by atoms with Crippen molar-refractivity contribution in [2.45, 2.75) is 38.6 Å². The maximum Gasteiger partial charge on any atom is 0.246 e. The highest BCUT2D eigenvalue weighted by Gasteiger charge is 2.28. The zero-order valence-corrected chi connectivity index (χ0v) is 21.2. The van der Waals surface area contributed by atoms with Crippen molar-refractivity contribution < 1.29 is 14.0 Å². The molecule has 0 aliphatic carbocycles. The molecule has 194 valence electrons. The van der Waals surface area contributed by atoms with Crippen LogP contribution >= 0.6 is 0 Å². The lowest BCUT2D eigenvalue weighted by Gasteiger charge is -2.32. The second-order valence-electron chi connectivity index (χ2n) is 9.64. The molecule has 2 aromatic heterocycles. The van der Waals surface area contributed by atoms with Crippen LogP contribution in [0.15, 0.2) is 61.4 Å². The van der Waals surface area contributed by atoms with Crippen molar-refractivity contribution in [3.63, 3.8) is 0 Å². The molecule has 0 spiro atoms. The maximum atomic E-state index is 14.1. The fourth-order valence-electron chi connectivity index (χ4n) is 5.01. The van der Waals surface area contributed by atoms with Crippen molar-refractivity contribution >= 4 is 28.5 Å². The number of ketones is 1. The van der Waals surface area contributed by atoms with Gasteiger partial charge < -0.3 is 10.6 Å². The predicted molar refractivity (Wildman–Crippen MR) is 144 cm³/mol. The van der Waals surface area contributed by atoms with Crippen LogP contribution in [0.3, 0.4) is 0 Å². The molecule has 1 aliphatic rings. The van der Waals surface area contributed by atoms with Crippen LogP contribution in [0.1, 0.15) is 46.8 Å². The lowest BCUT2D eigenvalue weighted by Crippen LogP contribution is -2.40. The van der Waals surface area contributed by atoms with Gasteiger partial charge in [-0.3, -0.25) is 9.59 Å². The van der Waals surface area contributed by atoms with Crippen molar-refractivity contribution in [2.75, 3.05) is 18.8 Å². The molecule has 1 amide bonds. The number of aromatic nitrogens is 4. The van der Waals surface area contributed by atoms with Crippen molar-refractivity contribution in [1.82, 2.24) is 24.6 Å². The molecule has 38 heavy (non-hydrogen) atoms. The first-order valence-electron chi connectivity index (χ1n) is 12.6. The van der Waals surface area contributed by atoms with Crippen LogP contribution in [-0.4, -0.2) is 49.4 Å². The quantitative estimate of drug-likeness (QED) is 0.284. The van der Waals surface area contributed by atoms with Gasteiger partial charge in [-0.15, -0.1) is 0 Å². The Kier molecular flexibility index (Phi) is 7.00. The highest BCUT2D eigenvalue weighted by atomic mass is 19.1. The topological polar surface area (TPSA) is 107 Å². The van der Waals surface area contributed by atoms with Gasteiger partial charge in [0.1, 0.15) is 23.7 Å². The monoisotopic (exact) mass is 512 g/mol. The Balaban J connectivity index is 1.39. The molecule has 0 unspecified atom stereocenters. The number of nitrogens with zero attached hydrogens (tertiary/aromatic N) is 5. The zero-order chi connectivity index (χ0) is 26.8. The molecule has 1 saturated heterocycles. The van der Waals surface area contributed by atoms with Crippen LogP contribution in [0.5, 0.6) is 0 Å². The van der Waals surface area contributed by atoms with Crippen molar-refractivity contribution in [1.29, 1.82) is 0 Å². The summed E-state index contributed by atoms with van der Waals surface area (Å²) in [5.74, 6) is -0.477. The van der Waals surface area contributed by atoms with Crippen molar-refractivity contribution in [3.8, 4) is 11.3 Å². The fraction of sp³-hybridized carbons (Fsp3) is 0.276. The minimum absolute atomic E-state index is 0.0505. The average molecular weight is 513 g/mol. The number of nitrogen functional groups attached to an aromatic ring is 1. The van der Waals surface area contributed by atoms with Gasteiger partial charge in [-0.05, 0) is 50.0 Å². The largest absolute Gasteiger partial charge is 0.383 e. The molecule has 4 aromatic rings. The second-order valence-corrected chi connectivity index (χ2v) is 9.64. The molecule has 9 heteroatoms. The summed E-state index contributed by atoms with van der Waals surface area (Å²) in [5, 5.41) is 5.56. The molecule has 3 heterocycles. The number of rotatable bonds is 7. The van der Waals surface area contributed by atoms with E-state index in [-0.39, 0.29) is 29.7 Å². The van der Waals surface area contributed by atoms with Gasteiger partial charge in [0, 0.05) is 25.1 Å². The van der Waals surface area contributed by atoms with Crippen LogP contribution in [0.25, 0.3) is 22.3 Å². The summed E-state index contributed by atoms with van der Waals surface area (Å²) < 4.78 is 15.9. The van der Waals surface area contributed by atoms with Crippen LogP contribution < -0.4 is 5.73 Å². The SMILES string of the molecule is C=CC(=O)N1CCC[C@@H](n2nc(-c3ccc(CCC(=O)c4cc(C)ccc4F)cc3)c3c(N)ncnc32)C1. The number of piperidine rings is 1. The number of hydrogen-bond donors (Lipinski definition) is 1. The van der Waals surface area contributed by atoms with Gasteiger partial charge in [0.25, 0.3) is 0 Å². The number of benzene rings is 2. The van der Waals surface area contributed by atoms with Gasteiger partial charge >= 0.3 is 0 Å². The first-order chi connectivity index (χ1) is 18.4. The van der Waals surface area contributed by atoms with Crippen LogP contribution in [0, 0.1) is 12.7 Å². The molecule has 2 aromatic carbocycles. The number of halogens is 1. The van der Waals surface area contributed by atoms with Crippen LogP contribution in [0.2, 0.25) is 0 Å². The van der Waals surface area contributed by atoms with Gasteiger partial charge in [0.2, 0.25) is 5.91 Å². The molecule has 5 rings (SSSR count). The Morgan fingerprint density at radius 3 is 2.74 bits per heavy atom. The molecular formula is C29H29FN6O2. The van der Waals surface area contributed by atoms with E-state index in [9.17, 15) is 14.0 Å². The lowest BCUT2D eigenvalue weighted by atomic mass is 9.99. The Bertz CT molecular complexity index is 1530. The molecule has 0 radical (unpaired) electrons. The third-order valence-electron chi connectivity index (χ3n) is 7.04. The maximum absolute atomic E-state index is 14.1. The zero-order valence-electron chi connectivity index (χ0n) is 21.2. The molecular weight excluding hydrogens is 483 g/mol. The Labute approximate surface area is 220 Å². The number of Topliss-reactive ketones (excluding diaryl/α,β-unsaturated/α-hetero) is 1. The standard InChI is InChI=1S/C29H29FN6O2/c1-3-25(38)35-14-4-5-21(16-35)36-29-26(28(31)32-17-33-29)27(34-36)20-10-7-19(8-11-20)9-13-24(37)22-15-18(2)6-12-23(22)30/h3,6-8,10-12,15,17,21H,1,4-5,9,13-14,16H2,2H3,(H2,31,32,33)/t21-/m1/s1. The summed E-state index contributed by atoms with van der Waals surface area (Å²) in [6.45, 7) is 6.64. The highest BCUT2D eigenvalue weighted by molar-refractivity contribution is 5.98. The fourth-order valence-corrected chi connectivity index (χ4v) is 5.01. The number of aryl methyl sites for hydroxylation is 2. The van der Waals surface area contributed by atoms with Gasteiger partial charge in [0.15, 0.2) is 11.4 Å². The van der Waals surface area contributed by atoms with Crippen LogP contribution in [-0.2, 0) is 11.2 Å². The number of nitrogens with two attached hydrogens (primary N) is 1. The summed E-state index contributed by atoms with van der Waals surface area (Å²) in [6.07, 6.45) is 5.16. The number of anilines is 1. The molecule has 1 aliphatic heterocycles. The summed E-state index contributed by atoms with van der Waals surface area (Å²) in [6, 6.07) is 12.3. The lowest BCUT2D eigenvalue weighted by molar-refractivity contribution is -0.127. The Morgan fingerprint density at radius 1 is 1.18 bits per heavy atom. The number of likely N-dealkylation sites (tertiary alicyclic amines) is 1. The van der Waals surface area contributed by atoms with E-state index in [1.54, 1.807) is 17.0 Å². The third-order valence-corrected chi connectivity index (χ3v) is 7.04.